The van der Waals surface area contributed by atoms with Crippen LogP contribution < -0.4 is 5.32 Å². The number of anilines is 1. The van der Waals surface area contributed by atoms with Crippen LogP contribution >= 0.6 is 0 Å². The van der Waals surface area contributed by atoms with Crippen molar-refractivity contribution in [1.82, 2.24) is 0 Å². The molecule has 104 valence electrons. The van der Waals surface area contributed by atoms with Crippen LogP contribution in [0.25, 0.3) is 0 Å². The van der Waals surface area contributed by atoms with Gasteiger partial charge in [-0.25, -0.2) is 0 Å². The molecule has 1 atom stereocenters. The summed E-state index contributed by atoms with van der Waals surface area (Å²) < 4.78 is 5.07. The van der Waals surface area contributed by atoms with E-state index < -0.39 is 4.92 Å². The normalized spacial score (nSPS) is 12.0. The maximum absolute atomic E-state index is 11.6. The van der Waals surface area contributed by atoms with Gasteiger partial charge in [-0.15, -0.1) is 0 Å². The number of nitro benzene ring substituents is 1. The second kappa shape index (κ2) is 6.72. The molecule has 1 unspecified atom stereocenters. The number of hydrogen-bond acceptors (Lipinski definition) is 5. The molecule has 0 aliphatic rings. The van der Waals surface area contributed by atoms with Gasteiger partial charge < -0.3 is 10.1 Å². The lowest BCUT2D eigenvalue weighted by atomic mass is 10.1. The summed E-state index contributed by atoms with van der Waals surface area (Å²) in [5, 5.41) is 13.7. The molecule has 0 spiro atoms. The zero-order valence-corrected chi connectivity index (χ0v) is 11.3. The fourth-order valence-corrected chi connectivity index (χ4v) is 1.48. The van der Waals surface area contributed by atoms with E-state index in [1.165, 1.54) is 6.07 Å². The Morgan fingerprint density at radius 2 is 2.00 bits per heavy atom. The van der Waals surface area contributed by atoms with Gasteiger partial charge in [0.25, 0.3) is 5.69 Å². The van der Waals surface area contributed by atoms with Crippen LogP contribution in [0, 0.1) is 16.0 Å². The molecule has 0 heterocycles. The molecule has 1 aromatic rings. The van der Waals surface area contributed by atoms with Crippen LogP contribution in [0.1, 0.15) is 20.8 Å². The number of nitrogens with zero attached hydrogens (tertiary/aromatic N) is 1. The third kappa shape index (κ3) is 4.57. The van der Waals surface area contributed by atoms with Gasteiger partial charge in [0.05, 0.1) is 16.9 Å². The summed E-state index contributed by atoms with van der Waals surface area (Å²) in [4.78, 5) is 22.0. The molecule has 6 heteroatoms. The molecule has 0 fully saturated rings. The van der Waals surface area contributed by atoms with Crippen LogP contribution in [0.2, 0.25) is 0 Å². The van der Waals surface area contributed by atoms with Crippen molar-refractivity contribution in [2.45, 2.75) is 26.9 Å². The van der Waals surface area contributed by atoms with Gasteiger partial charge in [-0.3, -0.25) is 14.9 Å². The van der Waals surface area contributed by atoms with Crippen molar-refractivity contribution in [1.29, 1.82) is 0 Å². The van der Waals surface area contributed by atoms with Crippen LogP contribution in [-0.4, -0.2) is 23.5 Å². The van der Waals surface area contributed by atoms with Crippen LogP contribution in [0.4, 0.5) is 11.4 Å². The van der Waals surface area contributed by atoms with Gasteiger partial charge >= 0.3 is 5.97 Å². The Labute approximate surface area is 111 Å². The highest BCUT2D eigenvalue weighted by Crippen LogP contribution is 2.23. The number of esters is 1. The molecule has 1 rings (SSSR count). The molecular weight excluding hydrogens is 248 g/mol. The first-order valence-electron chi connectivity index (χ1n) is 6.09. The number of carbonyl (C=O) groups is 1. The highest BCUT2D eigenvalue weighted by atomic mass is 16.6. The van der Waals surface area contributed by atoms with E-state index in [4.69, 9.17) is 4.74 Å². The minimum Gasteiger partial charge on any atom is -0.463 e. The average Bonchev–Trinajstić information content (AvgIpc) is 2.35. The third-order valence-corrected chi connectivity index (χ3v) is 2.45. The molecule has 19 heavy (non-hydrogen) atoms. The van der Waals surface area contributed by atoms with E-state index in [-0.39, 0.29) is 30.2 Å². The van der Waals surface area contributed by atoms with Crippen molar-refractivity contribution in [2.75, 3.05) is 11.9 Å². The van der Waals surface area contributed by atoms with E-state index in [1.807, 2.05) is 0 Å². The van der Waals surface area contributed by atoms with Crippen LogP contribution in [0.3, 0.4) is 0 Å². The lowest BCUT2D eigenvalue weighted by molar-refractivity contribution is -0.384. The molecular formula is C13H18N2O4. The summed E-state index contributed by atoms with van der Waals surface area (Å²) in [5.41, 5.74) is 0.392. The smallest absolute Gasteiger partial charge is 0.310 e. The number of benzene rings is 1. The predicted molar refractivity (Wildman–Crippen MR) is 72.0 cm³/mol. The highest BCUT2D eigenvalue weighted by Gasteiger charge is 2.18. The van der Waals surface area contributed by atoms with Gasteiger partial charge in [0, 0.05) is 12.6 Å². The molecule has 0 saturated heterocycles. The average molecular weight is 266 g/mol. The largest absolute Gasteiger partial charge is 0.463 e. The Bertz CT molecular complexity index is 460. The van der Waals surface area contributed by atoms with E-state index in [2.05, 4.69) is 5.32 Å². The second-order valence-electron chi connectivity index (χ2n) is 4.54. The molecule has 0 saturated carbocycles. The minimum atomic E-state index is -0.459. The van der Waals surface area contributed by atoms with Gasteiger partial charge in [-0.05, 0) is 19.9 Å². The summed E-state index contributed by atoms with van der Waals surface area (Å²) in [6, 6.07) is 6.32. The Kier molecular flexibility index (Phi) is 5.29. The topological polar surface area (TPSA) is 81.5 Å². The number of para-hydroxylation sites is 2. The first-order valence-corrected chi connectivity index (χ1v) is 6.09. The van der Waals surface area contributed by atoms with E-state index in [9.17, 15) is 14.9 Å². The molecule has 1 N–H and O–H groups in total. The molecule has 1 aromatic carbocycles. The van der Waals surface area contributed by atoms with Crippen LogP contribution in [-0.2, 0) is 9.53 Å². The monoisotopic (exact) mass is 266 g/mol. The standard InChI is InChI=1S/C13H18N2O4/c1-9(2)19-13(16)10(3)8-14-11-6-4-5-7-12(11)15(17)18/h4-7,9-10,14H,8H2,1-3H3. The van der Waals surface area contributed by atoms with Gasteiger partial charge in [0.15, 0.2) is 0 Å². The molecule has 0 aliphatic carbocycles. The summed E-state index contributed by atoms with van der Waals surface area (Å²) in [6.45, 7) is 5.56. The number of rotatable bonds is 6. The van der Waals surface area contributed by atoms with Crippen molar-refractivity contribution in [3.8, 4) is 0 Å². The van der Waals surface area contributed by atoms with Gasteiger partial charge in [0.1, 0.15) is 5.69 Å². The summed E-state index contributed by atoms with van der Waals surface area (Å²) in [5.74, 6) is -0.691. The molecule has 0 amide bonds. The Balaban J connectivity index is 2.62. The van der Waals surface area contributed by atoms with Crippen molar-refractivity contribution < 1.29 is 14.5 Å². The maximum Gasteiger partial charge on any atom is 0.310 e. The Morgan fingerprint density at radius 1 is 1.37 bits per heavy atom. The first-order chi connectivity index (χ1) is 8.91. The number of hydrogen-bond donors (Lipinski definition) is 1. The first kappa shape index (κ1) is 14.9. The zero-order chi connectivity index (χ0) is 14.4. The lowest BCUT2D eigenvalue weighted by Crippen LogP contribution is -2.25. The second-order valence-corrected chi connectivity index (χ2v) is 4.54. The summed E-state index contributed by atoms with van der Waals surface area (Å²) in [7, 11) is 0. The van der Waals surface area contributed by atoms with Crippen LogP contribution in [0.5, 0.6) is 0 Å². The number of ether oxygens (including phenoxy) is 1. The number of nitro groups is 1. The predicted octanol–water partition coefficient (Wildman–Crippen LogP) is 2.59. The summed E-state index contributed by atoms with van der Waals surface area (Å²) >= 11 is 0. The van der Waals surface area contributed by atoms with E-state index in [0.29, 0.717) is 5.69 Å². The lowest BCUT2D eigenvalue weighted by Gasteiger charge is -2.15. The fraction of sp³-hybridized carbons (Fsp3) is 0.462. The van der Waals surface area contributed by atoms with Crippen molar-refractivity contribution in [2.24, 2.45) is 5.92 Å². The summed E-state index contributed by atoms with van der Waals surface area (Å²) in [6.07, 6.45) is -0.166. The SMILES string of the molecule is CC(C)OC(=O)C(C)CNc1ccccc1[N+](=O)[O-]. The van der Waals surface area contributed by atoms with Crippen molar-refractivity contribution in [3.05, 3.63) is 34.4 Å². The van der Waals surface area contributed by atoms with E-state index in [1.54, 1.807) is 39.0 Å². The third-order valence-electron chi connectivity index (χ3n) is 2.45. The minimum absolute atomic E-state index is 0.00748. The van der Waals surface area contributed by atoms with E-state index in [0.717, 1.165) is 0 Å². The molecule has 0 aliphatic heterocycles. The van der Waals surface area contributed by atoms with Gasteiger partial charge in [-0.1, -0.05) is 19.1 Å². The zero-order valence-electron chi connectivity index (χ0n) is 11.3. The fourth-order valence-electron chi connectivity index (χ4n) is 1.48. The van der Waals surface area contributed by atoms with Gasteiger partial charge in [0.2, 0.25) is 0 Å². The number of carbonyl (C=O) groups excluding carboxylic acids is 1. The van der Waals surface area contributed by atoms with Gasteiger partial charge in [-0.2, -0.15) is 0 Å². The molecule has 6 nitrogen and oxygen atoms in total. The van der Waals surface area contributed by atoms with Crippen molar-refractivity contribution >= 4 is 17.3 Å². The molecule has 0 aromatic heterocycles. The highest BCUT2D eigenvalue weighted by molar-refractivity contribution is 5.73. The maximum atomic E-state index is 11.6. The van der Waals surface area contributed by atoms with E-state index >= 15 is 0 Å². The quantitative estimate of drug-likeness (QED) is 0.486. The number of nitrogens with one attached hydrogen (secondary N) is 1. The molecule has 0 radical (unpaired) electrons. The van der Waals surface area contributed by atoms with Crippen LogP contribution in [0.15, 0.2) is 24.3 Å². The van der Waals surface area contributed by atoms with Crippen molar-refractivity contribution in [3.63, 3.8) is 0 Å². The molecule has 0 bridgehead atoms. The Hall–Kier alpha value is -2.11. The Morgan fingerprint density at radius 3 is 2.58 bits per heavy atom.